The summed E-state index contributed by atoms with van der Waals surface area (Å²) >= 11 is 13.6. The van der Waals surface area contributed by atoms with Crippen molar-refractivity contribution >= 4 is 43.5 Å². The van der Waals surface area contributed by atoms with Crippen molar-refractivity contribution in [2.75, 3.05) is 7.11 Å². The summed E-state index contributed by atoms with van der Waals surface area (Å²) in [7, 11) is 1.68. The molecule has 2 rings (SSSR count). The highest BCUT2D eigenvalue weighted by molar-refractivity contribution is 9.11. The van der Waals surface area contributed by atoms with Gasteiger partial charge in [0, 0.05) is 8.95 Å². The zero-order valence-corrected chi connectivity index (χ0v) is 15.0. The van der Waals surface area contributed by atoms with E-state index in [1.807, 2.05) is 24.3 Å². The van der Waals surface area contributed by atoms with Crippen LogP contribution in [-0.4, -0.2) is 7.11 Å². The van der Waals surface area contributed by atoms with Gasteiger partial charge in [0.15, 0.2) is 0 Å². The Hall–Kier alpha value is -0.510. The van der Waals surface area contributed by atoms with Crippen LogP contribution in [0.5, 0.6) is 5.75 Å². The van der Waals surface area contributed by atoms with E-state index in [0.29, 0.717) is 0 Å². The summed E-state index contributed by atoms with van der Waals surface area (Å²) in [5, 5.41) is -0.0102. The van der Waals surface area contributed by atoms with Gasteiger partial charge in [0.05, 0.1) is 12.5 Å². The highest BCUT2D eigenvalue weighted by Crippen LogP contribution is 2.33. The number of ether oxygens (including phenoxy) is 1. The number of benzene rings is 2. The lowest BCUT2D eigenvalue weighted by Gasteiger charge is -2.12. The number of hydrogen-bond acceptors (Lipinski definition) is 1. The molecule has 0 aliphatic rings. The topological polar surface area (TPSA) is 9.23 Å². The molecule has 1 atom stereocenters. The first-order chi connectivity index (χ1) is 9.60. The third kappa shape index (κ3) is 4.24. The average molecular weight is 419 g/mol. The van der Waals surface area contributed by atoms with Gasteiger partial charge < -0.3 is 4.74 Å². The zero-order valence-electron chi connectivity index (χ0n) is 11.1. The second-order valence-corrected chi connectivity index (χ2v) is 6.82. The van der Waals surface area contributed by atoms with Gasteiger partial charge in [-0.15, -0.1) is 11.6 Å². The monoisotopic (exact) mass is 416 g/mol. The van der Waals surface area contributed by atoms with E-state index in [4.69, 9.17) is 16.3 Å². The van der Waals surface area contributed by atoms with Crippen LogP contribution in [0.3, 0.4) is 0 Å². The molecule has 0 amide bonds. The maximum Gasteiger partial charge on any atom is 0.118 e. The predicted molar refractivity (Wildman–Crippen MR) is 91.8 cm³/mol. The van der Waals surface area contributed by atoms with Crippen molar-refractivity contribution in [2.45, 2.75) is 18.2 Å². The minimum atomic E-state index is -0.0102. The molecule has 0 aromatic heterocycles. The lowest BCUT2D eigenvalue weighted by atomic mass is 10.0. The van der Waals surface area contributed by atoms with Crippen LogP contribution in [0.15, 0.2) is 51.4 Å². The van der Waals surface area contributed by atoms with Gasteiger partial charge in [-0.1, -0.05) is 44.0 Å². The van der Waals surface area contributed by atoms with E-state index in [9.17, 15) is 0 Å². The molecule has 0 heterocycles. The SMILES string of the molecule is COc1ccc(CCC(Cl)c2cc(Br)ccc2Br)cc1. The first-order valence-corrected chi connectivity index (χ1v) is 8.34. The van der Waals surface area contributed by atoms with Crippen LogP contribution in [0.25, 0.3) is 0 Å². The standard InChI is InChI=1S/C16H15Br2ClO/c1-20-13-6-2-11(3-7-13)4-9-16(19)14-10-12(17)5-8-15(14)18/h2-3,5-8,10,16H,4,9H2,1H3. The van der Waals surface area contributed by atoms with E-state index in [2.05, 4.69) is 50.1 Å². The fraction of sp³-hybridized carbons (Fsp3) is 0.250. The first kappa shape index (κ1) is 15.9. The normalized spacial score (nSPS) is 12.2. The Morgan fingerprint density at radius 2 is 1.80 bits per heavy atom. The van der Waals surface area contributed by atoms with Crippen molar-refractivity contribution in [1.82, 2.24) is 0 Å². The summed E-state index contributed by atoms with van der Waals surface area (Å²) in [6.45, 7) is 0. The molecule has 4 heteroatoms. The molecule has 106 valence electrons. The average Bonchev–Trinajstić information content (AvgIpc) is 2.47. The summed E-state index contributed by atoms with van der Waals surface area (Å²) in [6, 6.07) is 14.2. The summed E-state index contributed by atoms with van der Waals surface area (Å²) < 4.78 is 7.25. The highest BCUT2D eigenvalue weighted by atomic mass is 79.9. The molecular formula is C16H15Br2ClO. The summed E-state index contributed by atoms with van der Waals surface area (Å²) in [5.41, 5.74) is 2.39. The predicted octanol–water partition coefficient (Wildman–Crippen LogP) is 6.13. The summed E-state index contributed by atoms with van der Waals surface area (Å²) in [5.74, 6) is 0.880. The smallest absolute Gasteiger partial charge is 0.118 e. The molecule has 0 N–H and O–H groups in total. The highest BCUT2D eigenvalue weighted by Gasteiger charge is 2.12. The first-order valence-electron chi connectivity index (χ1n) is 6.32. The largest absolute Gasteiger partial charge is 0.497 e. The van der Waals surface area contributed by atoms with E-state index >= 15 is 0 Å². The summed E-state index contributed by atoms with van der Waals surface area (Å²) in [6.07, 6.45) is 1.83. The molecule has 2 aromatic rings. The number of rotatable bonds is 5. The third-order valence-corrected chi connectivity index (χ3v) is 4.81. The fourth-order valence-electron chi connectivity index (χ4n) is 2.00. The second kappa shape index (κ2) is 7.48. The molecule has 2 aromatic carbocycles. The fourth-order valence-corrected chi connectivity index (χ4v) is 3.32. The van der Waals surface area contributed by atoms with Crippen molar-refractivity contribution in [1.29, 1.82) is 0 Å². The van der Waals surface area contributed by atoms with Crippen molar-refractivity contribution in [3.05, 3.63) is 62.5 Å². The van der Waals surface area contributed by atoms with Gasteiger partial charge in [-0.3, -0.25) is 0 Å². The molecule has 0 saturated carbocycles. The van der Waals surface area contributed by atoms with Crippen LogP contribution in [0.4, 0.5) is 0 Å². The van der Waals surface area contributed by atoms with E-state index in [1.54, 1.807) is 7.11 Å². The molecule has 0 saturated heterocycles. The van der Waals surface area contributed by atoms with Gasteiger partial charge in [-0.2, -0.15) is 0 Å². The van der Waals surface area contributed by atoms with E-state index in [-0.39, 0.29) is 5.38 Å². The maximum absolute atomic E-state index is 6.52. The van der Waals surface area contributed by atoms with Crippen molar-refractivity contribution in [2.24, 2.45) is 0 Å². The Labute approximate surface area is 141 Å². The van der Waals surface area contributed by atoms with Crippen molar-refractivity contribution < 1.29 is 4.74 Å². The quantitative estimate of drug-likeness (QED) is 0.531. The van der Waals surface area contributed by atoms with Crippen molar-refractivity contribution in [3.8, 4) is 5.75 Å². The van der Waals surface area contributed by atoms with Gasteiger partial charge in [-0.05, 0) is 54.3 Å². The van der Waals surface area contributed by atoms with Crippen LogP contribution in [0.1, 0.15) is 22.9 Å². The van der Waals surface area contributed by atoms with Crippen molar-refractivity contribution in [3.63, 3.8) is 0 Å². The van der Waals surface area contributed by atoms with Gasteiger partial charge in [0.2, 0.25) is 0 Å². The van der Waals surface area contributed by atoms with E-state index in [0.717, 1.165) is 33.1 Å². The Balaban J connectivity index is 2.00. The van der Waals surface area contributed by atoms with Gasteiger partial charge in [0.1, 0.15) is 5.75 Å². The van der Waals surface area contributed by atoms with Crippen LogP contribution < -0.4 is 4.74 Å². The van der Waals surface area contributed by atoms with Crippen LogP contribution in [0.2, 0.25) is 0 Å². The number of aryl methyl sites for hydroxylation is 1. The Morgan fingerprint density at radius 1 is 1.10 bits per heavy atom. The summed E-state index contributed by atoms with van der Waals surface area (Å²) in [4.78, 5) is 0. The molecule has 0 aliphatic heterocycles. The number of alkyl halides is 1. The Bertz CT molecular complexity index is 569. The van der Waals surface area contributed by atoms with Gasteiger partial charge in [0.25, 0.3) is 0 Å². The minimum absolute atomic E-state index is 0.0102. The zero-order chi connectivity index (χ0) is 14.5. The number of hydrogen-bond donors (Lipinski definition) is 0. The Morgan fingerprint density at radius 3 is 2.45 bits per heavy atom. The molecule has 1 nitrogen and oxygen atoms in total. The number of halogens is 3. The molecule has 1 unspecified atom stereocenters. The number of methoxy groups -OCH3 is 1. The lowest BCUT2D eigenvalue weighted by molar-refractivity contribution is 0.414. The lowest BCUT2D eigenvalue weighted by Crippen LogP contribution is -1.96. The van der Waals surface area contributed by atoms with Crippen LogP contribution in [0, 0.1) is 0 Å². The minimum Gasteiger partial charge on any atom is -0.497 e. The molecule has 0 radical (unpaired) electrons. The van der Waals surface area contributed by atoms with Crippen LogP contribution in [-0.2, 0) is 6.42 Å². The van der Waals surface area contributed by atoms with Crippen LogP contribution >= 0.6 is 43.5 Å². The molecule has 0 spiro atoms. The maximum atomic E-state index is 6.52. The second-order valence-electron chi connectivity index (χ2n) is 4.52. The van der Waals surface area contributed by atoms with Gasteiger partial charge >= 0.3 is 0 Å². The molecular weight excluding hydrogens is 403 g/mol. The Kier molecular flexibility index (Phi) is 5.94. The third-order valence-electron chi connectivity index (χ3n) is 3.14. The van der Waals surface area contributed by atoms with Gasteiger partial charge in [-0.25, -0.2) is 0 Å². The molecule has 0 bridgehead atoms. The molecule has 0 aliphatic carbocycles. The van der Waals surface area contributed by atoms with E-state index in [1.165, 1.54) is 5.56 Å². The molecule has 20 heavy (non-hydrogen) atoms. The van der Waals surface area contributed by atoms with E-state index < -0.39 is 0 Å². The molecule has 0 fully saturated rings.